The summed E-state index contributed by atoms with van der Waals surface area (Å²) in [6, 6.07) is 14.1. The van der Waals surface area contributed by atoms with Gasteiger partial charge in [0, 0.05) is 10.6 Å². The first kappa shape index (κ1) is 18.2. The van der Waals surface area contributed by atoms with Gasteiger partial charge in [-0.1, -0.05) is 23.7 Å². The van der Waals surface area contributed by atoms with Crippen LogP contribution < -0.4 is 9.64 Å². The van der Waals surface area contributed by atoms with E-state index in [1.165, 1.54) is 5.56 Å². The zero-order valence-electron chi connectivity index (χ0n) is 14.2. The van der Waals surface area contributed by atoms with Gasteiger partial charge >= 0.3 is 0 Å². The maximum absolute atomic E-state index is 5.95. The van der Waals surface area contributed by atoms with E-state index in [9.17, 15) is 0 Å². The van der Waals surface area contributed by atoms with Gasteiger partial charge in [-0.25, -0.2) is 0 Å². The van der Waals surface area contributed by atoms with E-state index < -0.39 is 0 Å². The van der Waals surface area contributed by atoms with Crippen molar-refractivity contribution in [1.29, 1.82) is 0 Å². The Hall–Kier alpha value is -1.56. The van der Waals surface area contributed by atoms with Crippen LogP contribution in [0.4, 0.5) is 0 Å². The number of benzene rings is 2. The molecule has 1 aliphatic heterocycles. The third kappa shape index (κ3) is 5.21. The summed E-state index contributed by atoms with van der Waals surface area (Å²) in [6.45, 7) is 5.16. The van der Waals surface area contributed by atoms with Crippen LogP contribution in [0.5, 0.6) is 5.75 Å². The van der Waals surface area contributed by atoms with Crippen LogP contribution in [0.1, 0.15) is 11.1 Å². The molecule has 2 aromatic carbocycles. The standard InChI is InChI=1S/C19H21BrClN3O/c1-25-19-7-4-16(12-18(19)20)13-22-24-10-8-23(9-11-24)14-15-2-5-17(21)6-3-15/h2-7,12-13H,8-11,14H2,1H3/p+1/b22-13-. The number of hydrazone groups is 1. The highest BCUT2D eigenvalue weighted by Gasteiger charge is 2.18. The number of nitrogens with one attached hydrogen (secondary N) is 1. The van der Waals surface area contributed by atoms with Gasteiger partial charge < -0.3 is 9.64 Å². The van der Waals surface area contributed by atoms with E-state index in [-0.39, 0.29) is 0 Å². The molecule has 0 amide bonds. The minimum absolute atomic E-state index is 0.795. The monoisotopic (exact) mass is 422 g/mol. The maximum Gasteiger partial charge on any atom is 0.133 e. The summed E-state index contributed by atoms with van der Waals surface area (Å²) in [4.78, 5) is 1.58. The highest BCUT2D eigenvalue weighted by atomic mass is 79.9. The van der Waals surface area contributed by atoms with Crippen LogP contribution in [0.15, 0.2) is 52.0 Å². The van der Waals surface area contributed by atoms with Crippen LogP contribution in [0.3, 0.4) is 0 Å². The highest BCUT2D eigenvalue weighted by molar-refractivity contribution is 9.10. The van der Waals surface area contributed by atoms with Gasteiger partial charge in [-0.2, -0.15) is 5.10 Å². The van der Waals surface area contributed by atoms with Crippen LogP contribution in [0.2, 0.25) is 5.02 Å². The van der Waals surface area contributed by atoms with E-state index in [0.29, 0.717) is 0 Å². The van der Waals surface area contributed by atoms with Crippen molar-refractivity contribution in [1.82, 2.24) is 5.01 Å². The lowest BCUT2D eigenvalue weighted by atomic mass is 10.2. The van der Waals surface area contributed by atoms with Crippen molar-refractivity contribution in [3.8, 4) is 5.75 Å². The van der Waals surface area contributed by atoms with Crippen molar-refractivity contribution in [3.05, 3.63) is 63.1 Å². The van der Waals surface area contributed by atoms with Gasteiger partial charge in [0.25, 0.3) is 0 Å². The first-order valence-corrected chi connectivity index (χ1v) is 9.51. The lowest BCUT2D eigenvalue weighted by Crippen LogP contribution is -3.13. The van der Waals surface area contributed by atoms with E-state index in [2.05, 4.69) is 38.2 Å². The van der Waals surface area contributed by atoms with Crippen molar-refractivity contribution in [3.63, 3.8) is 0 Å². The molecular formula is C19H22BrClN3O+. The summed E-state index contributed by atoms with van der Waals surface area (Å²) in [5.74, 6) is 0.830. The Morgan fingerprint density at radius 3 is 2.56 bits per heavy atom. The smallest absolute Gasteiger partial charge is 0.133 e. The van der Waals surface area contributed by atoms with E-state index in [0.717, 1.165) is 53.5 Å². The second-order valence-corrected chi connectivity index (χ2v) is 7.44. The van der Waals surface area contributed by atoms with Crippen molar-refractivity contribution in [2.24, 2.45) is 5.10 Å². The molecule has 3 rings (SSSR count). The lowest BCUT2D eigenvalue weighted by Gasteiger charge is -2.30. The number of piperazine rings is 1. The predicted molar refractivity (Wildman–Crippen MR) is 106 cm³/mol. The first-order chi connectivity index (χ1) is 12.1. The number of hydrogen-bond donors (Lipinski definition) is 1. The molecular weight excluding hydrogens is 402 g/mol. The normalized spacial score (nSPS) is 15.7. The molecule has 1 N–H and O–H groups in total. The van der Waals surface area contributed by atoms with Crippen LogP contribution >= 0.6 is 27.5 Å². The van der Waals surface area contributed by atoms with E-state index in [1.54, 1.807) is 12.0 Å². The predicted octanol–water partition coefficient (Wildman–Crippen LogP) is 2.85. The molecule has 0 aromatic heterocycles. The van der Waals surface area contributed by atoms with Crippen LogP contribution in [0, 0.1) is 0 Å². The minimum atomic E-state index is 0.795. The quantitative estimate of drug-likeness (QED) is 0.749. The maximum atomic E-state index is 5.95. The van der Waals surface area contributed by atoms with Crippen molar-refractivity contribution >= 4 is 33.7 Å². The Bertz CT molecular complexity index is 728. The van der Waals surface area contributed by atoms with Crippen LogP contribution in [-0.4, -0.2) is 44.5 Å². The molecule has 0 bridgehead atoms. The Morgan fingerprint density at radius 1 is 1.20 bits per heavy atom. The summed E-state index contributed by atoms with van der Waals surface area (Å²) in [6.07, 6.45) is 1.91. The Balaban J connectivity index is 1.50. The zero-order valence-corrected chi connectivity index (χ0v) is 16.6. The van der Waals surface area contributed by atoms with Gasteiger partial charge in [0.05, 0.1) is 44.0 Å². The summed E-state index contributed by atoms with van der Waals surface area (Å²) < 4.78 is 6.19. The fraction of sp³-hybridized carbons (Fsp3) is 0.316. The summed E-state index contributed by atoms with van der Waals surface area (Å²) in [7, 11) is 1.67. The molecule has 0 atom stereocenters. The minimum Gasteiger partial charge on any atom is -0.496 e. The van der Waals surface area contributed by atoms with Crippen molar-refractivity contribution in [2.45, 2.75) is 6.54 Å². The number of rotatable bonds is 5. The molecule has 1 heterocycles. The third-order valence-electron chi connectivity index (χ3n) is 4.36. The van der Waals surface area contributed by atoms with E-state index in [4.69, 9.17) is 16.3 Å². The molecule has 2 aromatic rings. The molecule has 0 spiro atoms. The summed E-state index contributed by atoms with van der Waals surface area (Å²) in [5, 5.41) is 7.56. The van der Waals surface area contributed by atoms with Crippen molar-refractivity contribution < 1.29 is 9.64 Å². The fourth-order valence-electron chi connectivity index (χ4n) is 2.91. The highest BCUT2D eigenvalue weighted by Crippen LogP contribution is 2.24. The number of quaternary nitrogens is 1. The Labute approximate surface area is 162 Å². The molecule has 1 saturated heterocycles. The number of methoxy groups -OCH3 is 1. The Kier molecular flexibility index (Phi) is 6.34. The average Bonchev–Trinajstić information content (AvgIpc) is 2.63. The number of hydrogen-bond acceptors (Lipinski definition) is 3. The fourth-order valence-corrected chi connectivity index (χ4v) is 3.59. The van der Waals surface area contributed by atoms with Gasteiger partial charge in [-0.15, -0.1) is 0 Å². The molecule has 0 aliphatic carbocycles. The molecule has 0 saturated carbocycles. The topological polar surface area (TPSA) is 29.3 Å². The van der Waals surface area contributed by atoms with E-state index >= 15 is 0 Å². The van der Waals surface area contributed by atoms with Gasteiger partial charge in [0.15, 0.2) is 0 Å². The summed E-state index contributed by atoms with van der Waals surface area (Å²) in [5.41, 5.74) is 2.39. The summed E-state index contributed by atoms with van der Waals surface area (Å²) >= 11 is 9.45. The van der Waals surface area contributed by atoms with E-state index in [1.807, 2.05) is 36.5 Å². The van der Waals surface area contributed by atoms with Gasteiger partial charge in [0.2, 0.25) is 0 Å². The zero-order chi connectivity index (χ0) is 17.6. The largest absolute Gasteiger partial charge is 0.496 e. The molecule has 0 unspecified atom stereocenters. The van der Waals surface area contributed by atoms with Crippen LogP contribution in [-0.2, 0) is 6.54 Å². The molecule has 25 heavy (non-hydrogen) atoms. The third-order valence-corrected chi connectivity index (χ3v) is 5.23. The molecule has 0 radical (unpaired) electrons. The second kappa shape index (κ2) is 8.70. The number of nitrogens with zero attached hydrogens (tertiary/aromatic N) is 2. The van der Waals surface area contributed by atoms with Gasteiger partial charge in [0.1, 0.15) is 12.3 Å². The average molecular weight is 424 g/mol. The molecule has 1 fully saturated rings. The molecule has 6 heteroatoms. The second-order valence-electron chi connectivity index (χ2n) is 6.15. The van der Waals surface area contributed by atoms with Crippen LogP contribution in [0.25, 0.3) is 0 Å². The number of halogens is 2. The Morgan fingerprint density at radius 2 is 1.92 bits per heavy atom. The first-order valence-electron chi connectivity index (χ1n) is 8.34. The lowest BCUT2D eigenvalue weighted by molar-refractivity contribution is -0.918. The van der Waals surface area contributed by atoms with Crippen molar-refractivity contribution in [2.75, 3.05) is 33.3 Å². The SMILES string of the molecule is COc1ccc(/C=N\N2CC[NH+](Cc3ccc(Cl)cc3)CC2)cc1Br. The molecule has 132 valence electrons. The molecule has 4 nitrogen and oxygen atoms in total. The molecule has 1 aliphatic rings. The van der Waals surface area contributed by atoms with Gasteiger partial charge in [-0.3, -0.25) is 5.01 Å². The number of ether oxygens (including phenoxy) is 1. The van der Waals surface area contributed by atoms with Gasteiger partial charge in [-0.05, 0) is 51.8 Å².